The monoisotopic (exact) mass is 365 g/mol. The molecule has 1 aromatic carbocycles. The average Bonchev–Trinajstić information content (AvgIpc) is 2.44. The van der Waals surface area contributed by atoms with Crippen LogP contribution in [0.4, 0.5) is 0 Å². The average molecular weight is 366 g/mol. The highest BCUT2D eigenvalue weighted by molar-refractivity contribution is 7.80. The Kier molecular flexibility index (Phi) is 7.67. The number of carbonyl (C=O) groups is 1. The molecule has 22 heavy (non-hydrogen) atoms. The number of hydrogen-bond acceptors (Lipinski definition) is 4. The Balaban J connectivity index is 2.61. The third kappa shape index (κ3) is 5.49. The van der Waals surface area contributed by atoms with Crippen molar-refractivity contribution < 1.29 is 14.3 Å². The summed E-state index contributed by atoms with van der Waals surface area (Å²) in [6, 6.07) is 2.91. The predicted molar refractivity (Wildman–Crippen MR) is 90.7 cm³/mol. The van der Waals surface area contributed by atoms with E-state index in [1.807, 2.05) is 6.92 Å². The summed E-state index contributed by atoms with van der Waals surface area (Å²) in [4.78, 5) is 12.0. The third-order valence-corrected chi connectivity index (χ3v) is 3.33. The fourth-order valence-corrected chi connectivity index (χ4v) is 2.52. The van der Waals surface area contributed by atoms with Crippen LogP contribution in [0.1, 0.15) is 17.3 Å². The van der Waals surface area contributed by atoms with Crippen LogP contribution in [0, 0.1) is 0 Å². The van der Waals surface area contributed by atoms with E-state index < -0.39 is 5.91 Å². The largest absolute Gasteiger partial charge is 0.494 e. The Labute approximate surface area is 144 Å². The number of benzene rings is 1. The van der Waals surface area contributed by atoms with Crippen LogP contribution in [0.25, 0.3) is 0 Å². The maximum Gasteiger partial charge on any atom is 0.269 e. The van der Waals surface area contributed by atoms with Gasteiger partial charge in [0, 0.05) is 18.7 Å². The van der Waals surface area contributed by atoms with Gasteiger partial charge in [0.05, 0.1) is 23.8 Å². The second kappa shape index (κ2) is 8.99. The molecule has 0 fully saturated rings. The molecule has 0 radical (unpaired) electrons. The zero-order chi connectivity index (χ0) is 16.7. The van der Waals surface area contributed by atoms with E-state index in [0.29, 0.717) is 12.4 Å². The molecule has 0 saturated carbocycles. The van der Waals surface area contributed by atoms with Gasteiger partial charge in [0.15, 0.2) is 10.9 Å². The molecule has 6 nitrogen and oxygen atoms in total. The van der Waals surface area contributed by atoms with E-state index in [9.17, 15) is 4.79 Å². The van der Waals surface area contributed by atoms with Crippen LogP contribution in [-0.2, 0) is 4.74 Å². The molecule has 0 unspecified atom stereocenters. The Morgan fingerprint density at radius 3 is 2.36 bits per heavy atom. The maximum absolute atomic E-state index is 12.0. The molecule has 0 aliphatic carbocycles. The quantitative estimate of drug-likeness (QED) is 0.548. The lowest BCUT2D eigenvalue weighted by molar-refractivity contribution is 0.0943. The van der Waals surface area contributed by atoms with E-state index in [1.54, 1.807) is 7.11 Å². The normalized spacial score (nSPS) is 11.5. The molecule has 0 aliphatic rings. The van der Waals surface area contributed by atoms with Gasteiger partial charge < -0.3 is 14.8 Å². The lowest BCUT2D eigenvalue weighted by Crippen LogP contribution is -2.49. The highest BCUT2D eigenvalue weighted by Gasteiger charge is 2.13. The van der Waals surface area contributed by atoms with Crippen molar-refractivity contribution in [1.82, 2.24) is 16.2 Å². The topological polar surface area (TPSA) is 71.6 Å². The third-order valence-electron chi connectivity index (χ3n) is 2.55. The molecule has 1 aromatic rings. The Bertz CT molecular complexity index is 534. The van der Waals surface area contributed by atoms with Crippen LogP contribution >= 0.6 is 35.4 Å². The Morgan fingerprint density at radius 2 is 1.86 bits per heavy atom. The molecule has 0 aromatic heterocycles. The smallest absolute Gasteiger partial charge is 0.269 e. The molecule has 1 rings (SSSR count). The minimum absolute atomic E-state index is 0.00628. The molecule has 0 spiro atoms. The van der Waals surface area contributed by atoms with Crippen LogP contribution in [0.15, 0.2) is 12.1 Å². The molecule has 9 heteroatoms. The Morgan fingerprint density at radius 1 is 1.27 bits per heavy atom. The summed E-state index contributed by atoms with van der Waals surface area (Å²) in [5.74, 6) is -0.117. The van der Waals surface area contributed by atoms with Crippen molar-refractivity contribution in [3.05, 3.63) is 27.7 Å². The summed E-state index contributed by atoms with van der Waals surface area (Å²) in [6.45, 7) is 2.38. The fourth-order valence-electron chi connectivity index (χ4n) is 1.62. The van der Waals surface area contributed by atoms with Crippen LogP contribution in [0.3, 0.4) is 0 Å². The second-order valence-corrected chi connectivity index (χ2v) is 5.60. The minimum atomic E-state index is -0.435. The first kappa shape index (κ1) is 18.8. The summed E-state index contributed by atoms with van der Waals surface area (Å²) in [6.07, 6.45) is 0. The van der Waals surface area contributed by atoms with Gasteiger partial charge in [-0.05, 0) is 31.3 Å². The summed E-state index contributed by atoms with van der Waals surface area (Å²) < 4.78 is 9.99. The number of rotatable bonds is 5. The number of hydrogen-bond donors (Lipinski definition) is 3. The van der Waals surface area contributed by atoms with Crippen molar-refractivity contribution in [3.63, 3.8) is 0 Å². The van der Waals surface area contributed by atoms with Crippen molar-refractivity contribution in [2.45, 2.75) is 13.0 Å². The van der Waals surface area contributed by atoms with Crippen LogP contribution < -0.4 is 20.9 Å². The van der Waals surface area contributed by atoms with E-state index in [-0.39, 0.29) is 26.8 Å². The van der Waals surface area contributed by atoms with Gasteiger partial charge in [-0.1, -0.05) is 23.2 Å². The number of amides is 1. The highest BCUT2D eigenvalue weighted by atomic mass is 35.5. The molecular weight excluding hydrogens is 349 g/mol. The number of ether oxygens (including phenoxy) is 2. The molecule has 0 aliphatic heterocycles. The van der Waals surface area contributed by atoms with E-state index in [0.717, 1.165) is 0 Å². The molecule has 0 bridgehead atoms. The molecule has 122 valence electrons. The lowest BCUT2D eigenvalue weighted by atomic mass is 10.2. The van der Waals surface area contributed by atoms with Crippen molar-refractivity contribution in [2.24, 2.45) is 0 Å². The van der Waals surface area contributed by atoms with Crippen LogP contribution in [0.5, 0.6) is 5.75 Å². The van der Waals surface area contributed by atoms with Gasteiger partial charge in [-0.2, -0.15) is 0 Å². The molecule has 0 heterocycles. The first-order valence-electron chi connectivity index (χ1n) is 6.27. The van der Waals surface area contributed by atoms with Crippen LogP contribution in [-0.4, -0.2) is 37.9 Å². The number of nitrogens with one attached hydrogen (secondary N) is 3. The summed E-state index contributed by atoms with van der Waals surface area (Å²) >= 11 is 17.0. The lowest BCUT2D eigenvalue weighted by Gasteiger charge is -2.16. The van der Waals surface area contributed by atoms with Gasteiger partial charge in [-0.25, -0.2) is 0 Å². The molecular formula is C13H17Cl2N3O3S. The molecule has 1 atom stereocenters. The maximum atomic E-state index is 12.0. The SMILES string of the molecule is COC[C@H](C)NC(=S)NNC(=O)c1cc(Cl)c(OC)c(Cl)c1. The van der Waals surface area contributed by atoms with Gasteiger partial charge in [-0.15, -0.1) is 0 Å². The number of methoxy groups -OCH3 is 2. The predicted octanol–water partition coefficient (Wildman–Crippen LogP) is 2.15. The van der Waals surface area contributed by atoms with Gasteiger partial charge in [0.2, 0.25) is 0 Å². The first-order chi connectivity index (χ1) is 10.4. The van der Waals surface area contributed by atoms with E-state index in [2.05, 4.69) is 16.2 Å². The zero-order valence-electron chi connectivity index (χ0n) is 12.3. The highest BCUT2D eigenvalue weighted by Crippen LogP contribution is 2.33. The fraction of sp³-hybridized carbons (Fsp3) is 0.385. The van der Waals surface area contributed by atoms with Crippen LogP contribution in [0.2, 0.25) is 10.0 Å². The summed E-state index contributed by atoms with van der Waals surface area (Å²) in [5.41, 5.74) is 5.31. The van der Waals surface area contributed by atoms with E-state index >= 15 is 0 Å². The number of halogens is 2. The van der Waals surface area contributed by atoms with Crippen molar-refractivity contribution in [1.29, 1.82) is 0 Å². The number of carbonyl (C=O) groups excluding carboxylic acids is 1. The standard InChI is InChI=1S/C13H17Cl2N3O3S/c1-7(6-20-2)16-13(22)18-17-12(19)8-4-9(14)11(21-3)10(15)5-8/h4-5,7H,6H2,1-3H3,(H,17,19)(H2,16,18,22)/t7-/m0/s1. The molecule has 1 amide bonds. The van der Waals surface area contributed by atoms with Crippen molar-refractivity contribution >= 4 is 46.4 Å². The second-order valence-electron chi connectivity index (χ2n) is 4.38. The van der Waals surface area contributed by atoms with Gasteiger partial charge in [0.1, 0.15) is 0 Å². The van der Waals surface area contributed by atoms with E-state index in [1.165, 1.54) is 19.2 Å². The van der Waals surface area contributed by atoms with Gasteiger partial charge >= 0.3 is 0 Å². The first-order valence-corrected chi connectivity index (χ1v) is 7.44. The number of thiocarbonyl (C=S) groups is 1. The van der Waals surface area contributed by atoms with Gasteiger partial charge in [0.25, 0.3) is 5.91 Å². The van der Waals surface area contributed by atoms with Gasteiger partial charge in [-0.3, -0.25) is 15.6 Å². The van der Waals surface area contributed by atoms with E-state index in [4.69, 9.17) is 44.9 Å². The van der Waals surface area contributed by atoms with Crippen molar-refractivity contribution in [2.75, 3.05) is 20.8 Å². The Hall–Kier alpha value is -1.28. The number of hydrazine groups is 1. The van der Waals surface area contributed by atoms with Crippen molar-refractivity contribution in [3.8, 4) is 5.75 Å². The summed E-state index contributed by atoms with van der Waals surface area (Å²) in [7, 11) is 3.03. The molecule has 3 N–H and O–H groups in total. The summed E-state index contributed by atoms with van der Waals surface area (Å²) in [5, 5.41) is 3.69. The molecule has 0 saturated heterocycles. The zero-order valence-corrected chi connectivity index (χ0v) is 14.7. The minimum Gasteiger partial charge on any atom is -0.494 e.